The van der Waals surface area contributed by atoms with Gasteiger partial charge in [-0.25, -0.2) is 0 Å². The van der Waals surface area contributed by atoms with E-state index in [1.165, 1.54) is 24.6 Å². The minimum absolute atomic E-state index is 0.125. The molecule has 18 heavy (non-hydrogen) atoms. The standard InChI is InChI=1S/C14H17NO3/c16-12-7-6-10(8-13(12)17)14(18)9-15-11-4-2-1-3-5-11/h6-8,16-17H,1-5,9H2. The highest BCUT2D eigenvalue weighted by Gasteiger charge is 2.10. The van der Waals surface area contributed by atoms with Gasteiger partial charge in [-0.05, 0) is 43.9 Å². The fourth-order valence-corrected chi connectivity index (χ4v) is 2.09. The third-order valence-electron chi connectivity index (χ3n) is 3.17. The highest BCUT2D eigenvalue weighted by atomic mass is 16.3. The number of phenols is 2. The number of carbonyl (C=O) groups excluding carboxylic acids is 1. The molecule has 2 rings (SSSR count). The molecule has 0 saturated heterocycles. The van der Waals surface area contributed by atoms with Crippen LogP contribution in [0.3, 0.4) is 0 Å². The minimum Gasteiger partial charge on any atom is -0.504 e. The van der Waals surface area contributed by atoms with Gasteiger partial charge in [-0.15, -0.1) is 0 Å². The Hall–Kier alpha value is -1.84. The fraction of sp³-hybridized carbons (Fsp3) is 0.429. The van der Waals surface area contributed by atoms with Crippen molar-refractivity contribution < 1.29 is 15.0 Å². The quantitative estimate of drug-likeness (QED) is 0.637. The lowest BCUT2D eigenvalue weighted by Crippen LogP contribution is -2.09. The Labute approximate surface area is 106 Å². The Morgan fingerprint density at radius 1 is 1.11 bits per heavy atom. The molecule has 0 aliphatic heterocycles. The normalized spacial score (nSPS) is 15.4. The number of carbonyl (C=O) groups is 1. The minimum atomic E-state index is -0.272. The van der Waals surface area contributed by atoms with E-state index in [1.54, 1.807) is 0 Å². The third-order valence-corrected chi connectivity index (χ3v) is 3.17. The van der Waals surface area contributed by atoms with Crippen LogP contribution in [-0.4, -0.2) is 28.3 Å². The van der Waals surface area contributed by atoms with Gasteiger partial charge in [-0.3, -0.25) is 9.79 Å². The van der Waals surface area contributed by atoms with Gasteiger partial charge in [0.15, 0.2) is 17.3 Å². The van der Waals surface area contributed by atoms with Crippen molar-refractivity contribution in [2.24, 2.45) is 4.99 Å². The van der Waals surface area contributed by atoms with Gasteiger partial charge in [0.05, 0.1) is 0 Å². The van der Waals surface area contributed by atoms with Crippen LogP contribution in [0.5, 0.6) is 11.5 Å². The number of phenolic OH excluding ortho intramolecular Hbond substituents is 2. The van der Waals surface area contributed by atoms with Crippen LogP contribution in [0.2, 0.25) is 0 Å². The fourth-order valence-electron chi connectivity index (χ4n) is 2.09. The van der Waals surface area contributed by atoms with E-state index in [4.69, 9.17) is 0 Å². The predicted octanol–water partition coefficient (Wildman–Crippen LogP) is 2.69. The largest absolute Gasteiger partial charge is 0.504 e. The van der Waals surface area contributed by atoms with Gasteiger partial charge >= 0.3 is 0 Å². The van der Waals surface area contributed by atoms with Crippen molar-refractivity contribution in [1.82, 2.24) is 0 Å². The zero-order chi connectivity index (χ0) is 13.0. The third kappa shape index (κ3) is 3.09. The highest BCUT2D eigenvalue weighted by molar-refractivity contribution is 5.99. The van der Waals surface area contributed by atoms with Crippen LogP contribution in [0.4, 0.5) is 0 Å². The van der Waals surface area contributed by atoms with Gasteiger partial charge in [0.1, 0.15) is 6.54 Å². The van der Waals surface area contributed by atoms with Gasteiger partial charge in [-0.2, -0.15) is 0 Å². The number of Topliss-reactive ketones (excluding diaryl/α,β-unsaturated/α-hetero) is 1. The maximum absolute atomic E-state index is 11.9. The Balaban J connectivity index is 2.00. The molecular formula is C14H17NO3. The van der Waals surface area contributed by atoms with E-state index >= 15 is 0 Å². The zero-order valence-corrected chi connectivity index (χ0v) is 10.2. The van der Waals surface area contributed by atoms with E-state index in [9.17, 15) is 15.0 Å². The summed E-state index contributed by atoms with van der Waals surface area (Å²) in [7, 11) is 0. The van der Waals surface area contributed by atoms with Crippen molar-refractivity contribution in [1.29, 1.82) is 0 Å². The number of hydrogen-bond acceptors (Lipinski definition) is 4. The first-order valence-electron chi connectivity index (χ1n) is 6.24. The van der Waals surface area contributed by atoms with E-state index in [1.807, 2.05) is 0 Å². The summed E-state index contributed by atoms with van der Waals surface area (Å²) in [6.45, 7) is 0.125. The van der Waals surface area contributed by atoms with Crippen LogP contribution in [0.1, 0.15) is 42.5 Å². The summed E-state index contributed by atoms with van der Waals surface area (Å²) in [5.74, 6) is -0.625. The number of nitrogens with zero attached hydrogens (tertiary/aromatic N) is 1. The highest BCUT2D eigenvalue weighted by Crippen LogP contribution is 2.25. The van der Waals surface area contributed by atoms with Gasteiger partial charge < -0.3 is 10.2 Å². The molecule has 0 bridgehead atoms. The molecule has 0 aromatic heterocycles. The lowest BCUT2D eigenvalue weighted by Gasteiger charge is -2.11. The van der Waals surface area contributed by atoms with Gasteiger partial charge in [0.25, 0.3) is 0 Å². The number of aliphatic imine (C=N–C) groups is 1. The summed E-state index contributed by atoms with van der Waals surface area (Å²) < 4.78 is 0. The summed E-state index contributed by atoms with van der Waals surface area (Å²) in [4.78, 5) is 16.2. The van der Waals surface area contributed by atoms with Crippen LogP contribution in [0.15, 0.2) is 23.2 Å². The summed E-state index contributed by atoms with van der Waals surface area (Å²) in [6.07, 6.45) is 5.56. The second-order valence-electron chi connectivity index (χ2n) is 4.57. The molecule has 0 radical (unpaired) electrons. The molecule has 0 unspecified atom stereocenters. The maximum Gasteiger partial charge on any atom is 0.184 e. The van der Waals surface area contributed by atoms with Crippen molar-refractivity contribution in [3.8, 4) is 11.5 Å². The summed E-state index contributed by atoms with van der Waals surface area (Å²) in [5.41, 5.74) is 1.50. The first-order valence-corrected chi connectivity index (χ1v) is 6.24. The van der Waals surface area contributed by atoms with E-state index in [0.717, 1.165) is 31.4 Å². The van der Waals surface area contributed by atoms with Crippen molar-refractivity contribution in [2.45, 2.75) is 32.1 Å². The Kier molecular flexibility index (Phi) is 3.97. The van der Waals surface area contributed by atoms with Gasteiger partial charge in [0.2, 0.25) is 0 Å². The monoisotopic (exact) mass is 247 g/mol. The van der Waals surface area contributed by atoms with Crippen molar-refractivity contribution in [2.75, 3.05) is 6.54 Å². The van der Waals surface area contributed by atoms with Gasteiger partial charge in [0, 0.05) is 11.3 Å². The van der Waals surface area contributed by atoms with E-state index in [2.05, 4.69) is 4.99 Å². The molecule has 0 spiro atoms. The number of hydrogen-bond donors (Lipinski definition) is 2. The van der Waals surface area contributed by atoms with Crippen molar-refractivity contribution >= 4 is 11.5 Å². The van der Waals surface area contributed by atoms with E-state index in [-0.39, 0.29) is 23.8 Å². The number of aromatic hydroxyl groups is 2. The smallest absolute Gasteiger partial charge is 0.184 e. The van der Waals surface area contributed by atoms with Crippen LogP contribution in [-0.2, 0) is 0 Å². The molecule has 1 aromatic carbocycles. The van der Waals surface area contributed by atoms with Crippen molar-refractivity contribution in [3.63, 3.8) is 0 Å². The van der Waals surface area contributed by atoms with E-state index in [0.29, 0.717) is 5.56 Å². The first-order chi connectivity index (χ1) is 8.66. The second kappa shape index (κ2) is 5.67. The molecule has 1 aliphatic rings. The molecule has 96 valence electrons. The summed E-state index contributed by atoms with van der Waals surface area (Å²) in [5, 5.41) is 18.5. The lowest BCUT2D eigenvalue weighted by molar-refractivity contribution is 0.100. The zero-order valence-electron chi connectivity index (χ0n) is 10.2. The van der Waals surface area contributed by atoms with Gasteiger partial charge in [-0.1, -0.05) is 6.42 Å². The molecule has 1 fully saturated rings. The molecule has 1 aliphatic carbocycles. The molecule has 4 nitrogen and oxygen atoms in total. The first kappa shape index (κ1) is 12.6. The number of rotatable bonds is 3. The van der Waals surface area contributed by atoms with Crippen LogP contribution >= 0.6 is 0 Å². The molecule has 0 amide bonds. The Morgan fingerprint density at radius 2 is 1.83 bits per heavy atom. The molecule has 2 N–H and O–H groups in total. The Morgan fingerprint density at radius 3 is 2.50 bits per heavy atom. The molecular weight excluding hydrogens is 230 g/mol. The molecule has 1 aromatic rings. The maximum atomic E-state index is 11.9. The predicted molar refractivity (Wildman–Crippen MR) is 69.5 cm³/mol. The molecule has 0 heterocycles. The Bertz CT molecular complexity index is 472. The van der Waals surface area contributed by atoms with E-state index < -0.39 is 0 Å². The van der Waals surface area contributed by atoms with Crippen molar-refractivity contribution in [3.05, 3.63) is 23.8 Å². The summed E-state index contributed by atoms with van der Waals surface area (Å²) >= 11 is 0. The topological polar surface area (TPSA) is 69.9 Å². The molecule has 1 saturated carbocycles. The van der Waals surface area contributed by atoms with Crippen LogP contribution in [0.25, 0.3) is 0 Å². The van der Waals surface area contributed by atoms with Crippen LogP contribution in [0, 0.1) is 0 Å². The number of benzene rings is 1. The average Bonchev–Trinajstić information content (AvgIpc) is 2.40. The lowest BCUT2D eigenvalue weighted by atomic mass is 9.98. The number of ketones is 1. The second-order valence-corrected chi connectivity index (χ2v) is 4.57. The molecule has 4 heteroatoms. The van der Waals surface area contributed by atoms with Crippen LogP contribution < -0.4 is 0 Å². The SMILES string of the molecule is O=C(CN=C1CCCCC1)c1ccc(O)c(O)c1. The average molecular weight is 247 g/mol. The summed E-state index contributed by atoms with van der Waals surface area (Å²) in [6, 6.07) is 4.09. The molecule has 0 atom stereocenters.